The maximum absolute atomic E-state index is 13.1. The van der Waals surface area contributed by atoms with E-state index < -0.39 is 5.60 Å². The average molecular weight is 604 g/mol. The molecule has 1 aromatic heterocycles. The molecule has 0 aliphatic carbocycles. The number of ether oxygens (including phenoxy) is 3. The van der Waals surface area contributed by atoms with Crippen LogP contribution in [0.1, 0.15) is 62.4 Å². The second kappa shape index (κ2) is 12.8. The number of rotatable bonds is 6. The van der Waals surface area contributed by atoms with E-state index in [2.05, 4.69) is 46.0 Å². The third-order valence-electron chi connectivity index (χ3n) is 9.18. The van der Waals surface area contributed by atoms with Crippen LogP contribution in [0.5, 0.6) is 6.01 Å². The average Bonchev–Trinajstić information content (AvgIpc) is 3.42. The molecule has 0 spiro atoms. The zero-order valence-electron chi connectivity index (χ0n) is 26.5. The van der Waals surface area contributed by atoms with Crippen molar-refractivity contribution in [3.63, 3.8) is 0 Å². The van der Waals surface area contributed by atoms with Crippen LogP contribution in [0.4, 0.5) is 16.3 Å². The number of carbonyl (C=O) groups is 1. The van der Waals surface area contributed by atoms with Crippen LogP contribution in [0.3, 0.4) is 0 Å². The molecule has 4 aliphatic heterocycles. The van der Waals surface area contributed by atoms with Gasteiger partial charge in [-0.2, -0.15) is 15.2 Å². The summed E-state index contributed by atoms with van der Waals surface area (Å²) in [4.78, 5) is 31.7. The lowest BCUT2D eigenvalue weighted by Gasteiger charge is -2.42. The summed E-state index contributed by atoms with van der Waals surface area (Å²) < 4.78 is 17.7. The summed E-state index contributed by atoms with van der Waals surface area (Å²) in [5.74, 6) is 0.861. The number of likely N-dealkylation sites (tertiary alicyclic amines) is 1. The predicted octanol–water partition coefficient (Wildman–Crippen LogP) is 3.92. The molecule has 0 unspecified atom stereocenters. The highest BCUT2D eigenvalue weighted by atomic mass is 16.6. The monoisotopic (exact) mass is 603 g/mol. The maximum Gasteiger partial charge on any atom is 0.410 e. The number of amides is 1. The zero-order valence-corrected chi connectivity index (χ0v) is 26.5. The van der Waals surface area contributed by atoms with E-state index in [9.17, 15) is 10.1 Å². The van der Waals surface area contributed by atoms with E-state index in [1.54, 1.807) is 4.90 Å². The van der Waals surface area contributed by atoms with Crippen LogP contribution < -0.4 is 14.5 Å². The van der Waals surface area contributed by atoms with E-state index in [0.29, 0.717) is 51.4 Å². The lowest BCUT2D eigenvalue weighted by atomic mass is 9.97. The van der Waals surface area contributed by atoms with Gasteiger partial charge in [0.2, 0.25) is 0 Å². The Morgan fingerprint density at radius 3 is 2.73 bits per heavy atom. The van der Waals surface area contributed by atoms with E-state index in [-0.39, 0.29) is 18.6 Å². The Bertz CT molecular complexity index is 1400. The van der Waals surface area contributed by atoms with Crippen LogP contribution in [0.15, 0.2) is 18.2 Å². The van der Waals surface area contributed by atoms with Crippen LogP contribution in [0.2, 0.25) is 0 Å². The molecule has 11 nitrogen and oxygen atoms in total. The highest BCUT2D eigenvalue weighted by Crippen LogP contribution is 2.35. The van der Waals surface area contributed by atoms with Gasteiger partial charge in [0, 0.05) is 43.5 Å². The van der Waals surface area contributed by atoms with Crippen molar-refractivity contribution in [1.82, 2.24) is 19.8 Å². The van der Waals surface area contributed by atoms with Crippen LogP contribution in [-0.2, 0) is 35.5 Å². The Hall–Kier alpha value is -3.62. The number of nitriles is 1. The molecule has 0 radical (unpaired) electrons. The number of carbonyl (C=O) groups excluding carboxylic acids is 1. The molecule has 2 atom stereocenters. The predicted molar refractivity (Wildman–Crippen MR) is 167 cm³/mol. The molecule has 11 heteroatoms. The van der Waals surface area contributed by atoms with Crippen LogP contribution >= 0.6 is 0 Å². The van der Waals surface area contributed by atoms with Crippen molar-refractivity contribution in [3.8, 4) is 12.1 Å². The van der Waals surface area contributed by atoms with Crippen molar-refractivity contribution in [3.05, 3.63) is 40.6 Å². The fourth-order valence-corrected chi connectivity index (χ4v) is 6.87. The number of fused-ring (bicyclic) bond motifs is 2. The Labute approximate surface area is 260 Å². The number of likely N-dealkylation sites (N-methyl/N-ethyl adjacent to an activating group) is 1. The number of hydrogen-bond donors (Lipinski definition) is 0. The lowest BCUT2D eigenvalue weighted by Crippen LogP contribution is -2.56. The number of aromatic nitrogens is 2. The summed E-state index contributed by atoms with van der Waals surface area (Å²) in [6.45, 7) is 11.7. The molecule has 2 aromatic rings. The highest BCUT2D eigenvalue weighted by Gasteiger charge is 2.36. The molecule has 5 heterocycles. The summed E-state index contributed by atoms with van der Waals surface area (Å²) in [5.41, 5.74) is 5.39. The highest BCUT2D eigenvalue weighted by molar-refractivity contribution is 5.69. The summed E-state index contributed by atoms with van der Waals surface area (Å²) >= 11 is 0. The first-order valence-electron chi connectivity index (χ1n) is 16.0. The molecule has 44 heavy (non-hydrogen) atoms. The maximum atomic E-state index is 13.1. The van der Waals surface area contributed by atoms with Gasteiger partial charge in [-0.1, -0.05) is 12.1 Å². The summed E-state index contributed by atoms with van der Waals surface area (Å²) in [5, 5.41) is 9.65. The second-order valence-corrected chi connectivity index (χ2v) is 13.4. The third kappa shape index (κ3) is 6.57. The van der Waals surface area contributed by atoms with Gasteiger partial charge in [-0.3, -0.25) is 0 Å². The molecule has 6 rings (SSSR count). The van der Waals surface area contributed by atoms with Crippen molar-refractivity contribution in [2.45, 2.75) is 83.7 Å². The molecule has 0 bridgehead atoms. The van der Waals surface area contributed by atoms with Crippen molar-refractivity contribution in [1.29, 1.82) is 5.26 Å². The fourth-order valence-electron chi connectivity index (χ4n) is 6.87. The normalized spacial score (nSPS) is 22.3. The fraction of sp³-hybridized carbons (Fsp3) is 0.636. The standard InChI is InChI=1S/C33H45N7O4/c1-33(2,3)44-32(41)40-17-16-39(19-24(40)10-13-34)30-27-11-15-38(29-9-5-7-23-21-42-18-12-26(23)29)20-28(27)35-31(36-30)43-22-25-8-6-14-37(25)4/h5,7,9,24-25H,6,8,10-12,14-22H2,1-4H3/t24-,25-/m0/s1. The number of piperazine rings is 1. The van der Waals surface area contributed by atoms with Crippen LogP contribution in [-0.4, -0.2) is 96.5 Å². The molecule has 0 saturated carbocycles. The Morgan fingerprint density at radius 1 is 1.09 bits per heavy atom. The number of nitrogens with zero attached hydrogens (tertiary/aromatic N) is 7. The van der Waals surface area contributed by atoms with E-state index >= 15 is 0 Å². The molecule has 4 aliphatic rings. The van der Waals surface area contributed by atoms with E-state index in [1.165, 1.54) is 23.2 Å². The van der Waals surface area contributed by atoms with Gasteiger partial charge in [0.1, 0.15) is 18.0 Å². The lowest BCUT2D eigenvalue weighted by molar-refractivity contribution is 0.0144. The first-order valence-corrected chi connectivity index (χ1v) is 16.0. The topological polar surface area (TPSA) is 107 Å². The van der Waals surface area contributed by atoms with Gasteiger partial charge in [-0.15, -0.1) is 0 Å². The quantitative estimate of drug-likeness (QED) is 0.482. The first-order chi connectivity index (χ1) is 21.2. The molecule has 0 N–H and O–H groups in total. The van der Waals surface area contributed by atoms with Gasteiger partial charge in [0.25, 0.3) is 0 Å². The van der Waals surface area contributed by atoms with Crippen molar-refractivity contribution in [2.75, 3.05) is 62.8 Å². The number of benzene rings is 1. The second-order valence-electron chi connectivity index (χ2n) is 13.4. The Morgan fingerprint density at radius 2 is 1.95 bits per heavy atom. The van der Waals surface area contributed by atoms with Gasteiger partial charge in [0.05, 0.1) is 44.0 Å². The largest absolute Gasteiger partial charge is 0.462 e. The van der Waals surface area contributed by atoms with Crippen LogP contribution in [0, 0.1) is 11.3 Å². The molecular weight excluding hydrogens is 558 g/mol. The van der Waals surface area contributed by atoms with Gasteiger partial charge in [-0.25, -0.2) is 4.79 Å². The smallest absolute Gasteiger partial charge is 0.410 e. The van der Waals surface area contributed by atoms with Crippen molar-refractivity contribution < 1.29 is 19.0 Å². The van der Waals surface area contributed by atoms with Gasteiger partial charge < -0.3 is 33.8 Å². The zero-order chi connectivity index (χ0) is 30.8. The summed E-state index contributed by atoms with van der Waals surface area (Å²) in [7, 11) is 2.14. The molecule has 2 saturated heterocycles. The van der Waals surface area contributed by atoms with Crippen LogP contribution in [0.25, 0.3) is 0 Å². The SMILES string of the molecule is CN1CCC[C@H]1COc1nc2c(c(N3CCN(C(=O)OC(C)(C)C)[C@@H](CC#N)C3)n1)CCN(c1cccc3c1CCOC3)C2. The van der Waals surface area contributed by atoms with E-state index in [0.717, 1.165) is 56.0 Å². The third-order valence-corrected chi connectivity index (χ3v) is 9.18. The Balaban J connectivity index is 1.29. The number of hydrogen-bond acceptors (Lipinski definition) is 10. The molecular formula is C33H45N7O4. The first kappa shape index (κ1) is 30.4. The minimum absolute atomic E-state index is 0.219. The van der Waals surface area contributed by atoms with Gasteiger partial charge in [-0.05, 0) is 77.2 Å². The van der Waals surface area contributed by atoms with Crippen molar-refractivity contribution >= 4 is 17.6 Å². The Kier molecular flexibility index (Phi) is 8.83. The minimum atomic E-state index is -0.604. The van der Waals surface area contributed by atoms with Gasteiger partial charge in [0.15, 0.2) is 0 Å². The number of anilines is 2. The molecule has 1 aromatic carbocycles. The molecule has 1 amide bonds. The molecule has 236 valence electrons. The molecule has 2 fully saturated rings. The van der Waals surface area contributed by atoms with Crippen molar-refractivity contribution in [2.24, 2.45) is 0 Å². The van der Waals surface area contributed by atoms with E-state index in [4.69, 9.17) is 24.2 Å². The summed E-state index contributed by atoms with van der Waals surface area (Å²) in [6, 6.07) is 9.23. The van der Waals surface area contributed by atoms with Gasteiger partial charge >= 0.3 is 12.1 Å². The minimum Gasteiger partial charge on any atom is -0.462 e. The van der Waals surface area contributed by atoms with E-state index in [1.807, 2.05) is 20.8 Å². The summed E-state index contributed by atoms with van der Waals surface area (Å²) in [6.07, 6.45) is 3.83.